The topological polar surface area (TPSA) is 141 Å². The van der Waals surface area contributed by atoms with Crippen LogP contribution in [0.4, 0.5) is 0 Å². The lowest BCUT2D eigenvalue weighted by Gasteiger charge is -2.18. The zero-order chi connectivity index (χ0) is 40.1. The van der Waals surface area contributed by atoms with E-state index in [1.165, 1.54) is 49.4 Å². The molecular formula is C44H42O11. The van der Waals surface area contributed by atoms with Crippen LogP contribution in [0.25, 0.3) is 16.8 Å². The molecule has 0 spiro atoms. The van der Waals surface area contributed by atoms with E-state index >= 15 is 0 Å². The lowest BCUT2D eigenvalue weighted by atomic mass is 10.1. The zero-order valence-electron chi connectivity index (χ0n) is 31.2. The third kappa shape index (κ3) is 12.7. The molecule has 0 heterocycles. The monoisotopic (exact) mass is 746 g/mol. The molecule has 0 atom stereocenters. The predicted molar refractivity (Wildman–Crippen MR) is 207 cm³/mol. The van der Waals surface area contributed by atoms with E-state index < -0.39 is 29.8 Å². The summed E-state index contributed by atoms with van der Waals surface area (Å²) < 4.78 is 32.6. The molecule has 0 saturated heterocycles. The third-order valence-corrected chi connectivity index (χ3v) is 7.86. The smallest absolute Gasteiger partial charge is 0.343 e. The Bertz CT molecular complexity index is 2130. The Morgan fingerprint density at radius 3 is 1.84 bits per heavy atom. The minimum absolute atomic E-state index is 0.0416. The van der Waals surface area contributed by atoms with Crippen LogP contribution in [0.15, 0.2) is 121 Å². The highest BCUT2D eigenvalue weighted by molar-refractivity contribution is 5.93. The Morgan fingerprint density at radius 1 is 0.636 bits per heavy atom. The van der Waals surface area contributed by atoms with E-state index in [1.54, 1.807) is 32.9 Å². The van der Waals surface area contributed by atoms with Crippen LogP contribution in [0.2, 0.25) is 0 Å². The highest BCUT2D eigenvalue weighted by Gasteiger charge is 2.17. The quantitative estimate of drug-likeness (QED) is 0.0588. The molecule has 0 bridgehead atoms. The molecule has 284 valence electrons. The maximum absolute atomic E-state index is 12.7. The first kappa shape index (κ1) is 41.0. The van der Waals surface area contributed by atoms with Crippen molar-refractivity contribution < 1.29 is 52.4 Å². The molecule has 0 amide bonds. The summed E-state index contributed by atoms with van der Waals surface area (Å²) in [6.07, 6.45) is 3.42. The summed E-state index contributed by atoms with van der Waals surface area (Å²) in [5.41, 5.74) is 2.40. The van der Waals surface area contributed by atoms with Crippen LogP contribution in [0.1, 0.15) is 48.7 Å². The van der Waals surface area contributed by atoms with Crippen molar-refractivity contribution in [2.45, 2.75) is 34.1 Å². The number of benzene rings is 4. The summed E-state index contributed by atoms with van der Waals surface area (Å²) in [6, 6.07) is 21.8. The van der Waals surface area contributed by atoms with Gasteiger partial charge in [-0.25, -0.2) is 24.0 Å². The van der Waals surface area contributed by atoms with E-state index in [4.69, 9.17) is 28.4 Å². The van der Waals surface area contributed by atoms with Crippen molar-refractivity contribution in [3.05, 3.63) is 138 Å². The van der Waals surface area contributed by atoms with E-state index in [2.05, 4.69) is 19.7 Å². The van der Waals surface area contributed by atoms with Gasteiger partial charge in [-0.1, -0.05) is 37.9 Å². The maximum atomic E-state index is 12.7. The van der Waals surface area contributed by atoms with Gasteiger partial charge in [-0.3, -0.25) is 0 Å². The van der Waals surface area contributed by atoms with Gasteiger partial charge in [0.2, 0.25) is 0 Å². The van der Waals surface area contributed by atoms with Crippen LogP contribution in [-0.4, -0.2) is 49.7 Å². The number of aryl methyl sites for hydroxylation is 1. The van der Waals surface area contributed by atoms with Gasteiger partial charge in [-0.2, -0.15) is 0 Å². The Labute approximate surface area is 319 Å². The van der Waals surface area contributed by atoms with Gasteiger partial charge >= 0.3 is 29.8 Å². The van der Waals surface area contributed by atoms with E-state index in [0.29, 0.717) is 23.5 Å². The third-order valence-electron chi connectivity index (χ3n) is 7.86. The highest BCUT2D eigenvalue weighted by Crippen LogP contribution is 2.26. The molecule has 0 aromatic heterocycles. The molecular weight excluding hydrogens is 704 g/mol. The van der Waals surface area contributed by atoms with E-state index in [0.717, 1.165) is 16.3 Å². The normalized spacial score (nSPS) is 10.8. The lowest BCUT2D eigenvalue weighted by Crippen LogP contribution is -2.23. The van der Waals surface area contributed by atoms with Crippen LogP contribution in [0.3, 0.4) is 0 Å². The van der Waals surface area contributed by atoms with Gasteiger partial charge in [0.25, 0.3) is 0 Å². The van der Waals surface area contributed by atoms with Gasteiger partial charge in [-0.15, -0.1) is 0 Å². The summed E-state index contributed by atoms with van der Waals surface area (Å²) in [5, 5.41) is 1.83. The molecule has 0 N–H and O–H groups in total. The first-order valence-corrected chi connectivity index (χ1v) is 17.2. The number of carbonyl (C=O) groups excluding carboxylic acids is 5. The molecule has 55 heavy (non-hydrogen) atoms. The number of carbonyl (C=O) groups is 5. The fourth-order valence-corrected chi connectivity index (χ4v) is 4.75. The molecule has 0 radical (unpaired) electrons. The molecule has 0 saturated carbocycles. The Kier molecular flexibility index (Phi) is 14.4. The maximum Gasteiger partial charge on any atom is 0.343 e. The van der Waals surface area contributed by atoms with Gasteiger partial charge in [-0.05, 0) is 123 Å². The van der Waals surface area contributed by atoms with Crippen molar-refractivity contribution in [3.8, 4) is 23.0 Å². The molecule has 11 heteroatoms. The molecule has 0 aliphatic heterocycles. The van der Waals surface area contributed by atoms with Crippen molar-refractivity contribution in [3.63, 3.8) is 0 Å². The van der Waals surface area contributed by atoms with Crippen LogP contribution >= 0.6 is 0 Å². The minimum atomic E-state index is -0.617. The Balaban J connectivity index is 1.29. The summed E-state index contributed by atoms with van der Waals surface area (Å²) in [5.74, 6) is -1.65. The van der Waals surface area contributed by atoms with Crippen LogP contribution in [0, 0.1) is 12.8 Å². The first-order valence-electron chi connectivity index (χ1n) is 17.2. The lowest BCUT2D eigenvalue weighted by molar-refractivity contribution is -0.144. The van der Waals surface area contributed by atoms with Crippen molar-refractivity contribution in [2.75, 3.05) is 19.8 Å². The Morgan fingerprint density at radius 2 is 1.22 bits per heavy atom. The molecule has 0 fully saturated rings. The average Bonchev–Trinajstić information content (AvgIpc) is 3.15. The molecule has 4 aromatic carbocycles. The fraction of sp³-hybridized carbons (Fsp3) is 0.205. The molecule has 4 rings (SSSR count). The number of hydrogen-bond acceptors (Lipinski definition) is 11. The zero-order valence-corrected chi connectivity index (χ0v) is 31.2. The number of ether oxygens (including phenoxy) is 6. The van der Waals surface area contributed by atoms with Crippen molar-refractivity contribution >= 4 is 46.7 Å². The van der Waals surface area contributed by atoms with Crippen molar-refractivity contribution in [2.24, 2.45) is 5.92 Å². The molecule has 0 aliphatic rings. The average molecular weight is 747 g/mol. The van der Waals surface area contributed by atoms with E-state index in [-0.39, 0.29) is 59.5 Å². The molecule has 11 nitrogen and oxygen atoms in total. The summed E-state index contributed by atoms with van der Waals surface area (Å²) in [4.78, 5) is 60.8. The van der Waals surface area contributed by atoms with Gasteiger partial charge in [0.15, 0.2) is 0 Å². The minimum Gasteiger partial charge on any atom is -0.494 e. The van der Waals surface area contributed by atoms with Gasteiger partial charge in [0, 0.05) is 28.7 Å². The second-order valence-electron chi connectivity index (χ2n) is 12.8. The number of rotatable bonds is 17. The number of esters is 5. The Hall–Kier alpha value is -6.75. The SMILES string of the molecule is C=C(C)C(=O)OCC(CCOc1ccc2cc(/C=C/C(=O)Oc3ccc(OC(=O)c4ccc(OC(=O)C(=C)C)cc4)cc3C)ccc2c1)COC(=O)C(=C)C. The second kappa shape index (κ2) is 19.4. The van der Waals surface area contributed by atoms with E-state index in [9.17, 15) is 24.0 Å². The van der Waals surface area contributed by atoms with Gasteiger partial charge < -0.3 is 28.4 Å². The molecule has 0 unspecified atom stereocenters. The summed E-state index contributed by atoms with van der Waals surface area (Å²) >= 11 is 0. The van der Waals surface area contributed by atoms with Crippen LogP contribution < -0.4 is 18.9 Å². The van der Waals surface area contributed by atoms with Gasteiger partial charge in [0.05, 0.1) is 25.4 Å². The van der Waals surface area contributed by atoms with E-state index in [1.807, 2.05) is 36.4 Å². The van der Waals surface area contributed by atoms with Crippen molar-refractivity contribution in [1.82, 2.24) is 0 Å². The number of fused-ring (bicyclic) bond motifs is 1. The number of hydrogen-bond donors (Lipinski definition) is 0. The molecule has 0 aliphatic carbocycles. The van der Waals surface area contributed by atoms with Gasteiger partial charge in [0.1, 0.15) is 23.0 Å². The highest BCUT2D eigenvalue weighted by atomic mass is 16.6. The van der Waals surface area contributed by atoms with Crippen LogP contribution in [-0.2, 0) is 28.7 Å². The first-order chi connectivity index (χ1) is 26.2. The predicted octanol–water partition coefficient (Wildman–Crippen LogP) is 8.09. The largest absolute Gasteiger partial charge is 0.494 e. The standard InChI is InChI=1S/C44H42O11/c1-27(2)41(46)51-25-32(26-52-42(47)28(3)4)20-21-50-37-16-13-34-23-31(8-10-35(34)24-37)9-19-40(45)55-39-18-17-38(22-30(39)7)54-44(49)33-11-14-36(15-12-33)53-43(48)29(5)6/h8-19,22-24,32H,1,3,5,20-21,25-26H2,2,4,6-7H3/b19-9+. The summed E-state index contributed by atoms with van der Waals surface area (Å²) in [6.45, 7) is 17.4. The van der Waals surface area contributed by atoms with Crippen molar-refractivity contribution in [1.29, 1.82) is 0 Å². The second-order valence-corrected chi connectivity index (χ2v) is 12.8. The van der Waals surface area contributed by atoms with Crippen LogP contribution in [0.5, 0.6) is 23.0 Å². The summed E-state index contributed by atoms with van der Waals surface area (Å²) in [7, 11) is 0. The molecule has 4 aromatic rings. The fourth-order valence-electron chi connectivity index (χ4n) is 4.75.